The first-order valence-electron chi connectivity index (χ1n) is 10.2. The number of rotatable bonds is 7. The zero-order valence-electron chi connectivity index (χ0n) is 17.3. The zero-order valence-corrected chi connectivity index (χ0v) is 17.3. The van der Waals surface area contributed by atoms with Crippen molar-refractivity contribution in [1.29, 1.82) is 0 Å². The average Bonchev–Trinajstić information content (AvgIpc) is 3.27. The van der Waals surface area contributed by atoms with Crippen molar-refractivity contribution in [2.45, 2.75) is 25.9 Å². The maximum Gasteiger partial charge on any atom is 0.242 e. The molecule has 0 aliphatic rings. The van der Waals surface area contributed by atoms with Gasteiger partial charge >= 0.3 is 0 Å². The van der Waals surface area contributed by atoms with Gasteiger partial charge in [-0.1, -0.05) is 60.7 Å². The second-order valence-electron chi connectivity index (χ2n) is 7.45. The number of hydrogen-bond acceptors (Lipinski definition) is 3. The lowest BCUT2D eigenvalue weighted by Crippen LogP contribution is -2.45. The molecule has 6 nitrogen and oxygen atoms in total. The molecule has 0 saturated carbocycles. The van der Waals surface area contributed by atoms with Gasteiger partial charge in [0.2, 0.25) is 11.8 Å². The van der Waals surface area contributed by atoms with Gasteiger partial charge in [-0.25, -0.2) is 4.68 Å². The number of aromatic nitrogens is 2. The number of nitrogens with zero attached hydrogens (tertiary/aromatic N) is 2. The highest BCUT2D eigenvalue weighted by molar-refractivity contribution is 5.92. The Kier molecular flexibility index (Phi) is 6.08. The van der Waals surface area contributed by atoms with Crippen LogP contribution in [-0.4, -0.2) is 27.6 Å². The van der Waals surface area contributed by atoms with Gasteiger partial charge in [0.1, 0.15) is 6.04 Å². The minimum Gasteiger partial charge on any atom is -0.350 e. The molecule has 0 saturated heterocycles. The highest BCUT2D eigenvalue weighted by Gasteiger charge is 2.16. The predicted octanol–water partition coefficient (Wildman–Crippen LogP) is 3.39. The summed E-state index contributed by atoms with van der Waals surface area (Å²) in [6.07, 6.45) is 3.82. The Balaban J connectivity index is 1.30. The van der Waals surface area contributed by atoms with Gasteiger partial charge in [-0.15, -0.1) is 0 Å². The molecular formula is C25H24N4O2. The number of nitrogens with one attached hydrogen (secondary N) is 2. The molecule has 0 aliphatic carbocycles. The van der Waals surface area contributed by atoms with E-state index in [2.05, 4.69) is 15.7 Å². The van der Waals surface area contributed by atoms with Gasteiger partial charge < -0.3 is 10.6 Å². The first-order valence-corrected chi connectivity index (χ1v) is 10.2. The molecule has 1 aromatic heterocycles. The van der Waals surface area contributed by atoms with Crippen LogP contribution >= 0.6 is 0 Å². The summed E-state index contributed by atoms with van der Waals surface area (Å²) in [4.78, 5) is 24.9. The molecule has 2 amide bonds. The van der Waals surface area contributed by atoms with Crippen LogP contribution in [0.3, 0.4) is 0 Å². The van der Waals surface area contributed by atoms with E-state index >= 15 is 0 Å². The second-order valence-corrected chi connectivity index (χ2v) is 7.45. The maximum absolute atomic E-state index is 12.5. The van der Waals surface area contributed by atoms with Gasteiger partial charge in [-0.3, -0.25) is 9.59 Å². The summed E-state index contributed by atoms with van der Waals surface area (Å²) in [6, 6.07) is 23.0. The van der Waals surface area contributed by atoms with Gasteiger partial charge in [-0.05, 0) is 35.4 Å². The van der Waals surface area contributed by atoms with Crippen molar-refractivity contribution < 1.29 is 9.59 Å². The SMILES string of the molecule is C[C@H](NC(=O)Cc1cccc2ccccc12)C(=O)NCc1cnn(-c2ccccc2)c1. The van der Waals surface area contributed by atoms with Crippen molar-refractivity contribution in [1.82, 2.24) is 20.4 Å². The van der Waals surface area contributed by atoms with Crippen LogP contribution < -0.4 is 10.6 Å². The van der Waals surface area contributed by atoms with Crippen LogP contribution in [0, 0.1) is 0 Å². The maximum atomic E-state index is 12.5. The number of carbonyl (C=O) groups is 2. The Morgan fingerprint density at radius 2 is 1.71 bits per heavy atom. The Morgan fingerprint density at radius 1 is 0.968 bits per heavy atom. The van der Waals surface area contributed by atoms with E-state index in [4.69, 9.17) is 0 Å². The monoisotopic (exact) mass is 412 g/mol. The normalized spacial score (nSPS) is 11.8. The van der Waals surface area contributed by atoms with Crippen LogP contribution in [-0.2, 0) is 22.6 Å². The molecule has 0 bridgehead atoms. The fourth-order valence-corrected chi connectivity index (χ4v) is 3.49. The Labute approximate surface area is 180 Å². The van der Waals surface area contributed by atoms with Crippen molar-refractivity contribution in [3.8, 4) is 5.69 Å². The first kappa shape index (κ1) is 20.3. The molecule has 1 heterocycles. The molecule has 156 valence electrons. The van der Waals surface area contributed by atoms with E-state index in [9.17, 15) is 9.59 Å². The van der Waals surface area contributed by atoms with E-state index < -0.39 is 6.04 Å². The topological polar surface area (TPSA) is 76.0 Å². The van der Waals surface area contributed by atoms with Crippen LogP contribution in [0.2, 0.25) is 0 Å². The molecular weight excluding hydrogens is 388 g/mol. The number of para-hydroxylation sites is 1. The first-order chi connectivity index (χ1) is 15.1. The van der Waals surface area contributed by atoms with Crippen molar-refractivity contribution in [3.05, 3.63) is 96.3 Å². The lowest BCUT2D eigenvalue weighted by atomic mass is 10.0. The van der Waals surface area contributed by atoms with E-state index in [1.807, 2.05) is 79.0 Å². The van der Waals surface area contributed by atoms with Crippen molar-refractivity contribution in [2.24, 2.45) is 0 Å². The quantitative estimate of drug-likeness (QED) is 0.489. The summed E-state index contributed by atoms with van der Waals surface area (Å²) in [5.41, 5.74) is 2.78. The van der Waals surface area contributed by atoms with Gasteiger partial charge in [0.25, 0.3) is 0 Å². The van der Waals surface area contributed by atoms with E-state index in [1.165, 1.54) is 0 Å². The number of carbonyl (C=O) groups excluding carboxylic acids is 2. The van der Waals surface area contributed by atoms with E-state index in [-0.39, 0.29) is 18.2 Å². The molecule has 31 heavy (non-hydrogen) atoms. The van der Waals surface area contributed by atoms with Gasteiger partial charge in [0.05, 0.1) is 18.3 Å². The van der Waals surface area contributed by atoms with Crippen molar-refractivity contribution in [2.75, 3.05) is 0 Å². The highest BCUT2D eigenvalue weighted by Crippen LogP contribution is 2.18. The molecule has 2 N–H and O–H groups in total. The van der Waals surface area contributed by atoms with Gasteiger partial charge in [0, 0.05) is 18.3 Å². The summed E-state index contributed by atoms with van der Waals surface area (Å²) in [6.45, 7) is 2.03. The molecule has 0 spiro atoms. The molecule has 3 aromatic carbocycles. The number of benzene rings is 3. The Bertz CT molecular complexity index is 1200. The molecule has 0 fully saturated rings. The van der Waals surface area contributed by atoms with Crippen molar-refractivity contribution in [3.63, 3.8) is 0 Å². The smallest absolute Gasteiger partial charge is 0.242 e. The molecule has 0 aliphatic heterocycles. The largest absolute Gasteiger partial charge is 0.350 e. The third kappa shape index (κ3) is 4.98. The second kappa shape index (κ2) is 9.26. The van der Waals surface area contributed by atoms with Crippen molar-refractivity contribution >= 4 is 22.6 Å². The Morgan fingerprint density at radius 3 is 2.55 bits per heavy atom. The Hall–Kier alpha value is -3.93. The summed E-state index contributed by atoms with van der Waals surface area (Å²) in [5, 5.41) is 12.1. The third-order valence-electron chi connectivity index (χ3n) is 5.13. The van der Waals surface area contributed by atoms with Gasteiger partial charge in [-0.2, -0.15) is 5.10 Å². The molecule has 4 rings (SSSR count). The van der Waals surface area contributed by atoms with Crippen LogP contribution in [0.1, 0.15) is 18.1 Å². The summed E-state index contributed by atoms with van der Waals surface area (Å²) < 4.78 is 1.76. The molecule has 0 unspecified atom stereocenters. The standard InChI is InChI=1S/C25H24N4O2/c1-18(28-24(30)14-21-10-7-9-20-8-5-6-13-23(20)21)25(31)26-15-19-16-27-29(17-19)22-11-3-2-4-12-22/h2-13,16-18H,14-15H2,1H3,(H,26,31)(H,28,30)/t18-/m0/s1. The van der Waals surface area contributed by atoms with Crippen LogP contribution in [0.15, 0.2) is 85.2 Å². The summed E-state index contributed by atoms with van der Waals surface area (Å²) in [5.74, 6) is -0.422. The van der Waals surface area contributed by atoms with E-state index in [0.29, 0.717) is 6.54 Å². The molecule has 0 radical (unpaired) electrons. The summed E-state index contributed by atoms with van der Waals surface area (Å²) in [7, 11) is 0. The third-order valence-corrected chi connectivity index (χ3v) is 5.13. The van der Waals surface area contributed by atoms with Crippen LogP contribution in [0.25, 0.3) is 16.5 Å². The predicted molar refractivity (Wildman–Crippen MR) is 121 cm³/mol. The molecule has 6 heteroatoms. The number of hydrogen-bond donors (Lipinski definition) is 2. The van der Waals surface area contributed by atoms with Crippen LogP contribution in [0.4, 0.5) is 0 Å². The van der Waals surface area contributed by atoms with Crippen LogP contribution in [0.5, 0.6) is 0 Å². The number of amides is 2. The minimum atomic E-state index is -0.633. The zero-order chi connectivity index (χ0) is 21.6. The molecule has 4 aromatic rings. The summed E-state index contributed by atoms with van der Waals surface area (Å²) >= 11 is 0. The highest BCUT2D eigenvalue weighted by atomic mass is 16.2. The fraction of sp³-hybridized carbons (Fsp3) is 0.160. The lowest BCUT2D eigenvalue weighted by molar-refractivity contribution is -0.128. The minimum absolute atomic E-state index is 0.184. The van der Waals surface area contributed by atoms with E-state index in [1.54, 1.807) is 17.8 Å². The number of fused-ring (bicyclic) bond motifs is 1. The lowest BCUT2D eigenvalue weighted by Gasteiger charge is -2.14. The average molecular weight is 412 g/mol. The molecule has 1 atom stereocenters. The van der Waals surface area contributed by atoms with E-state index in [0.717, 1.165) is 27.6 Å². The fourth-order valence-electron chi connectivity index (χ4n) is 3.49. The van der Waals surface area contributed by atoms with Gasteiger partial charge in [0.15, 0.2) is 0 Å².